The first-order valence-electron chi connectivity index (χ1n) is 7.28. The van der Waals surface area contributed by atoms with Gasteiger partial charge in [-0.1, -0.05) is 13.3 Å². The van der Waals surface area contributed by atoms with E-state index in [4.69, 9.17) is 5.11 Å². The lowest BCUT2D eigenvalue weighted by Crippen LogP contribution is -2.35. The van der Waals surface area contributed by atoms with Crippen molar-refractivity contribution in [2.24, 2.45) is 0 Å². The van der Waals surface area contributed by atoms with E-state index in [1.165, 1.54) is 4.31 Å². The number of aliphatic hydroxyl groups excluding tert-OH is 1. The van der Waals surface area contributed by atoms with Crippen LogP contribution in [0.15, 0.2) is 17.0 Å². The third kappa shape index (κ3) is 4.18. The number of sulfonamides is 1. The molecule has 5 nitrogen and oxygen atoms in total. The van der Waals surface area contributed by atoms with Crippen LogP contribution in [0, 0.1) is 13.8 Å². The van der Waals surface area contributed by atoms with Crippen LogP contribution < -0.4 is 5.32 Å². The molecule has 120 valence electrons. The van der Waals surface area contributed by atoms with Crippen molar-refractivity contribution < 1.29 is 13.5 Å². The lowest BCUT2D eigenvalue weighted by molar-refractivity contribution is 0.252. The standard InChI is InChI=1S/C15H26N2O3S/c1-5-6-7-17(8-9-18)21(19,20)15-12(2)10-14(16-4)11-13(15)3/h10-11,16,18H,5-9H2,1-4H3. The molecule has 1 aromatic carbocycles. The highest BCUT2D eigenvalue weighted by Crippen LogP contribution is 2.27. The molecule has 0 aliphatic carbocycles. The predicted molar refractivity (Wildman–Crippen MR) is 86.2 cm³/mol. The Balaban J connectivity index is 3.27. The van der Waals surface area contributed by atoms with Crippen molar-refractivity contribution in [3.63, 3.8) is 0 Å². The highest BCUT2D eigenvalue weighted by molar-refractivity contribution is 7.89. The Morgan fingerprint density at radius 1 is 1.19 bits per heavy atom. The van der Waals surface area contributed by atoms with Crippen molar-refractivity contribution in [3.05, 3.63) is 23.3 Å². The van der Waals surface area contributed by atoms with E-state index in [0.717, 1.165) is 29.7 Å². The lowest BCUT2D eigenvalue weighted by atomic mass is 10.1. The molecule has 0 radical (unpaired) electrons. The third-order valence-electron chi connectivity index (χ3n) is 3.46. The number of nitrogens with zero attached hydrogens (tertiary/aromatic N) is 1. The van der Waals surface area contributed by atoms with Gasteiger partial charge in [0.15, 0.2) is 0 Å². The molecular weight excluding hydrogens is 288 g/mol. The van der Waals surface area contributed by atoms with Crippen LogP contribution in [-0.4, -0.2) is 44.6 Å². The van der Waals surface area contributed by atoms with Crippen molar-refractivity contribution >= 4 is 15.7 Å². The molecule has 0 fully saturated rings. The molecule has 1 rings (SSSR count). The second-order valence-electron chi connectivity index (χ2n) is 5.17. The van der Waals surface area contributed by atoms with Gasteiger partial charge < -0.3 is 10.4 Å². The number of unbranched alkanes of at least 4 members (excludes halogenated alkanes) is 1. The SMILES string of the molecule is CCCCN(CCO)S(=O)(=O)c1c(C)cc(NC)cc1C. The summed E-state index contributed by atoms with van der Waals surface area (Å²) in [6.45, 7) is 6.02. The smallest absolute Gasteiger partial charge is 0.243 e. The molecule has 2 N–H and O–H groups in total. The van der Waals surface area contributed by atoms with E-state index in [1.807, 2.05) is 26.1 Å². The van der Waals surface area contributed by atoms with Crippen LogP contribution in [0.25, 0.3) is 0 Å². The number of benzene rings is 1. The van der Waals surface area contributed by atoms with E-state index in [1.54, 1.807) is 13.8 Å². The van der Waals surface area contributed by atoms with Gasteiger partial charge in [0.1, 0.15) is 0 Å². The van der Waals surface area contributed by atoms with E-state index >= 15 is 0 Å². The van der Waals surface area contributed by atoms with Crippen LogP contribution in [0.5, 0.6) is 0 Å². The molecule has 0 saturated carbocycles. The average molecular weight is 314 g/mol. The maximum absolute atomic E-state index is 12.9. The Hall–Kier alpha value is -1.11. The predicted octanol–water partition coefficient (Wildman–Crippen LogP) is 2.13. The van der Waals surface area contributed by atoms with Gasteiger partial charge in [-0.25, -0.2) is 8.42 Å². The van der Waals surface area contributed by atoms with Gasteiger partial charge >= 0.3 is 0 Å². The average Bonchev–Trinajstić information content (AvgIpc) is 2.41. The molecule has 0 aliphatic heterocycles. The quantitative estimate of drug-likeness (QED) is 0.771. The van der Waals surface area contributed by atoms with E-state index in [2.05, 4.69) is 5.32 Å². The Kier molecular flexibility index (Phi) is 6.64. The van der Waals surface area contributed by atoms with Crippen LogP contribution in [0.3, 0.4) is 0 Å². The van der Waals surface area contributed by atoms with E-state index in [0.29, 0.717) is 11.4 Å². The number of hydrogen-bond acceptors (Lipinski definition) is 4. The molecule has 21 heavy (non-hydrogen) atoms. The maximum atomic E-state index is 12.9. The summed E-state index contributed by atoms with van der Waals surface area (Å²) in [6.07, 6.45) is 1.69. The first-order chi connectivity index (χ1) is 9.88. The fourth-order valence-electron chi connectivity index (χ4n) is 2.43. The number of aliphatic hydroxyl groups is 1. The van der Waals surface area contributed by atoms with Gasteiger partial charge in [0, 0.05) is 25.8 Å². The van der Waals surface area contributed by atoms with Crippen molar-refractivity contribution in [1.82, 2.24) is 4.31 Å². The first-order valence-corrected chi connectivity index (χ1v) is 8.72. The molecule has 0 saturated heterocycles. The van der Waals surface area contributed by atoms with Gasteiger partial charge in [0.2, 0.25) is 10.0 Å². The second-order valence-corrected chi connectivity index (χ2v) is 7.05. The number of rotatable bonds is 8. The fourth-order valence-corrected chi connectivity index (χ4v) is 4.31. The minimum atomic E-state index is -3.58. The molecule has 0 aromatic heterocycles. The Morgan fingerprint density at radius 3 is 2.19 bits per heavy atom. The Bertz CT molecular complexity index is 547. The van der Waals surface area contributed by atoms with Crippen molar-refractivity contribution in [2.45, 2.75) is 38.5 Å². The first kappa shape index (κ1) is 17.9. The van der Waals surface area contributed by atoms with Crippen LogP contribution in [0.2, 0.25) is 0 Å². The molecule has 0 bridgehead atoms. The van der Waals surface area contributed by atoms with E-state index in [-0.39, 0.29) is 13.2 Å². The highest BCUT2D eigenvalue weighted by Gasteiger charge is 2.27. The summed E-state index contributed by atoms with van der Waals surface area (Å²) in [6, 6.07) is 3.66. The van der Waals surface area contributed by atoms with Gasteiger partial charge in [-0.3, -0.25) is 0 Å². The van der Waals surface area contributed by atoms with Gasteiger partial charge in [-0.15, -0.1) is 0 Å². The third-order valence-corrected chi connectivity index (χ3v) is 5.66. The molecule has 0 atom stereocenters. The summed E-state index contributed by atoms with van der Waals surface area (Å²) >= 11 is 0. The maximum Gasteiger partial charge on any atom is 0.243 e. The topological polar surface area (TPSA) is 69.6 Å². The van der Waals surface area contributed by atoms with Crippen LogP contribution >= 0.6 is 0 Å². The van der Waals surface area contributed by atoms with Crippen LogP contribution in [0.1, 0.15) is 30.9 Å². The van der Waals surface area contributed by atoms with Crippen molar-refractivity contribution in [2.75, 3.05) is 32.1 Å². The van der Waals surface area contributed by atoms with Gasteiger partial charge in [0.05, 0.1) is 11.5 Å². The molecular formula is C15H26N2O3S. The van der Waals surface area contributed by atoms with Gasteiger partial charge in [-0.05, 0) is 43.5 Å². The van der Waals surface area contributed by atoms with Crippen LogP contribution in [-0.2, 0) is 10.0 Å². The van der Waals surface area contributed by atoms with E-state index < -0.39 is 10.0 Å². The van der Waals surface area contributed by atoms with Crippen LogP contribution in [0.4, 0.5) is 5.69 Å². The molecule has 0 amide bonds. The summed E-state index contributed by atoms with van der Waals surface area (Å²) in [5, 5.41) is 12.2. The molecule has 0 unspecified atom stereocenters. The number of nitrogens with one attached hydrogen (secondary N) is 1. The van der Waals surface area contributed by atoms with Crippen molar-refractivity contribution in [3.8, 4) is 0 Å². The normalized spacial score (nSPS) is 11.9. The number of hydrogen-bond donors (Lipinski definition) is 2. The Labute approximate surface area is 128 Å². The Morgan fingerprint density at radius 2 is 1.76 bits per heavy atom. The highest BCUT2D eigenvalue weighted by atomic mass is 32.2. The van der Waals surface area contributed by atoms with Gasteiger partial charge in [0.25, 0.3) is 0 Å². The van der Waals surface area contributed by atoms with Gasteiger partial charge in [-0.2, -0.15) is 4.31 Å². The molecule has 0 heterocycles. The molecule has 0 spiro atoms. The molecule has 0 aliphatic rings. The monoisotopic (exact) mass is 314 g/mol. The summed E-state index contributed by atoms with van der Waals surface area (Å²) in [7, 11) is -1.77. The zero-order valence-corrected chi connectivity index (χ0v) is 14.1. The lowest BCUT2D eigenvalue weighted by Gasteiger charge is -2.23. The zero-order chi connectivity index (χ0) is 16.0. The van der Waals surface area contributed by atoms with E-state index in [9.17, 15) is 8.42 Å². The largest absolute Gasteiger partial charge is 0.395 e. The molecule has 6 heteroatoms. The fraction of sp³-hybridized carbons (Fsp3) is 0.600. The summed E-state index contributed by atoms with van der Waals surface area (Å²) in [5.74, 6) is 0. The van der Waals surface area contributed by atoms with Crippen molar-refractivity contribution in [1.29, 1.82) is 0 Å². The summed E-state index contributed by atoms with van der Waals surface area (Å²) < 4.78 is 27.1. The summed E-state index contributed by atoms with van der Waals surface area (Å²) in [4.78, 5) is 0.353. The minimum Gasteiger partial charge on any atom is -0.395 e. The number of aryl methyl sites for hydroxylation is 2. The minimum absolute atomic E-state index is 0.134. The summed E-state index contributed by atoms with van der Waals surface area (Å²) in [5.41, 5.74) is 2.34. The second kappa shape index (κ2) is 7.77. The number of anilines is 1. The molecule has 1 aromatic rings. The zero-order valence-electron chi connectivity index (χ0n) is 13.3.